The number of rotatable bonds is 5. The Morgan fingerprint density at radius 2 is 2.40 bits per heavy atom. The lowest BCUT2D eigenvalue weighted by Crippen LogP contribution is -2.01. The molecule has 0 bridgehead atoms. The topological polar surface area (TPSA) is 99.9 Å². The van der Waals surface area contributed by atoms with Gasteiger partial charge in [-0.15, -0.1) is 11.3 Å². The van der Waals surface area contributed by atoms with Crippen LogP contribution in [0, 0.1) is 10.1 Å². The molecule has 3 aromatic heterocycles. The van der Waals surface area contributed by atoms with Crippen molar-refractivity contribution in [1.29, 1.82) is 0 Å². The molecule has 0 atom stereocenters. The van der Waals surface area contributed by atoms with Gasteiger partial charge in [-0.2, -0.15) is 10.1 Å². The first-order valence-electron chi connectivity index (χ1n) is 5.75. The quantitative estimate of drug-likeness (QED) is 0.527. The van der Waals surface area contributed by atoms with Crippen LogP contribution in [0.25, 0.3) is 10.7 Å². The third-order valence-electron chi connectivity index (χ3n) is 2.59. The van der Waals surface area contributed by atoms with Gasteiger partial charge in [-0.1, -0.05) is 11.2 Å². The van der Waals surface area contributed by atoms with Crippen LogP contribution < -0.4 is 0 Å². The van der Waals surface area contributed by atoms with Gasteiger partial charge in [0.15, 0.2) is 0 Å². The van der Waals surface area contributed by atoms with Crippen LogP contribution in [0.15, 0.2) is 34.4 Å². The minimum atomic E-state index is -0.481. The zero-order valence-electron chi connectivity index (χ0n) is 10.2. The highest BCUT2D eigenvalue weighted by molar-refractivity contribution is 7.13. The Kier molecular flexibility index (Phi) is 3.25. The van der Waals surface area contributed by atoms with Gasteiger partial charge in [-0.05, 0) is 11.4 Å². The fraction of sp³-hybridized carbons (Fsp3) is 0.182. The maximum Gasteiger partial charge on any atom is 0.306 e. The molecule has 0 saturated carbocycles. The van der Waals surface area contributed by atoms with Gasteiger partial charge in [-0.25, -0.2) is 0 Å². The van der Waals surface area contributed by atoms with E-state index in [0.717, 1.165) is 4.88 Å². The molecule has 0 aromatic carbocycles. The molecule has 0 saturated heterocycles. The Morgan fingerprint density at radius 1 is 1.50 bits per heavy atom. The highest BCUT2D eigenvalue weighted by atomic mass is 32.1. The number of thiophene rings is 1. The third-order valence-corrected chi connectivity index (χ3v) is 3.46. The van der Waals surface area contributed by atoms with Crippen molar-refractivity contribution in [2.45, 2.75) is 13.0 Å². The van der Waals surface area contributed by atoms with Gasteiger partial charge in [0.05, 0.1) is 9.80 Å². The molecule has 0 aliphatic heterocycles. The van der Waals surface area contributed by atoms with Crippen LogP contribution >= 0.6 is 11.3 Å². The Hall–Kier alpha value is -2.55. The third kappa shape index (κ3) is 2.57. The highest BCUT2D eigenvalue weighted by Crippen LogP contribution is 2.21. The highest BCUT2D eigenvalue weighted by Gasteiger charge is 2.11. The zero-order valence-corrected chi connectivity index (χ0v) is 11.0. The summed E-state index contributed by atoms with van der Waals surface area (Å²) in [6, 6.07) is 3.83. The van der Waals surface area contributed by atoms with Gasteiger partial charge in [0.25, 0.3) is 0 Å². The summed E-state index contributed by atoms with van der Waals surface area (Å²) in [4.78, 5) is 15.3. The second kappa shape index (κ2) is 5.21. The summed E-state index contributed by atoms with van der Waals surface area (Å²) in [5, 5.41) is 20.3. The molecule has 0 radical (unpaired) electrons. The van der Waals surface area contributed by atoms with E-state index >= 15 is 0 Å². The molecule has 0 aliphatic rings. The van der Waals surface area contributed by atoms with Crippen molar-refractivity contribution >= 4 is 17.0 Å². The SMILES string of the molecule is O=[N+]([O-])c1cnn(CCc2nc(-c3cccs3)no2)c1. The number of hydrogen-bond donors (Lipinski definition) is 0. The molecule has 0 aliphatic carbocycles. The maximum absolute atomic E-state index is 10.5. The van der Waals surface area contributed by atoms with Crippen molar-refractivity contribution in [3.8, 4) is 10.7 Å². The van der Waals surface area contributed by atoms with E-state index in [4.69, 9.17) is 4.52 Å². The van der Waals surface area contributed by atoms with Crippen molar-refractivity contribution in [2.24, 2.45) is 0 Å². The molecule has 0 unspecified atom stereocenters. The van der Waals surface area contributed by atoms with Gasteiger partial charge in [-0.3, -0.25) is 14.8 Å². The van der Waals surface area contributed by atoms with Gasteiger partial charge >= 0.3 is 5.69 Å². The first-order valence-corrected chi connectivity index (χ1v) is 6.63. The van der Waals surface area contributed by atoms with E-state index in [9.17, 15) is 10.1 Å². The molecular formula is C11H9N5O3S. The minimum absolute atomic E-state index is 0.0326. The Labute approximate surface area is 116 Å². The Morgan fingerprint density at radius 3 is 3.10 bits per heavy atom. The molecule has 9 heteroatoms. The number of nitrogens with zero attached hydrogens (tertiary/aromatic N) is 5. The zero-order chi connectivity index (χ0) is 13.9. The van der Waals surface area contributed by atoms with Crippen molar-refractivity contribution < 1.29 is 9.45 Å². The summed E-state index contributed by atoms with van der Waals surface area (Å²) in [5.41, 5.74) is -0.0326. The molecule has 3 aromatic rings. The monoisotopic (exact) mass is 291 g/mol. The van der Waals surface area contributed by atoms with Gasteiger partial charge in [0.2, 0.25) is 11.7 Å². The summed E-state index contributed by atoms with van der Waals surface area (Å²) in [6.45, 7) is 0.444. The van der Waals surface area contributed by atoms with Gasteiger partial charge < -0.3 is 4.52 Å². The van der Waals surface area contributed by atoms with Crippen LogP contribution in [0.3, 0.4) is 0 Å². The summed E-state index contributed by atoms with van der Waals surface area (Å²) < 4.78 is 6.61. The largest absolute Gasteiger partial charge is 0.339 e. The average Bonchev–Trinajstić information content (AvgIpc) is 3.17. The predicted octanol–water partition coefficient (Wildman–Crippen LogP) is 2.15. The maximum atomic E-state index is 10.5. The fourth-order valence-corrected chi connectivity index (χ4v) is 2.29. The smallest absolute Gasteiger partial charge is 0.306 e. The average molecular weight is 291 g/mol. The molecule has 20 heavy (non-hydrogen) atoms. The number of aromatic nitrogens is 4. The van der Waals surface area contributed by atoms with Crippen molar-refractivity contribution in [3.05, 3.63) is 45.9 Å². The van der Waals surface area contributed by atoms with E-state index in [1.165, 1.54) is 28.4 Å². The van der Waals surface area contributed by atoms with Crippen molar-refractivity contribution in [3.63, 3.8) is 0 Å². The van der Waals surface area contributed by atoms with Gasteiger partial charge in [0.1, 0.15) is 12.4 Å². The summed E-state index contributed by atoms with van der Waals surface area (Å²) >= 11 is 1.53. The second-order valence-electron chi connectivity index (χ2n) is 3.96. The van der Waals surface area contributed by atoms with Crippen LogP contribution in [0.2, 0.25) is 0 Å². The first-order chi connectivity index (χ1) is 9.72. The lowest BCUT2D eigenvalue weighted by molar-refractivity contribution is -0.385. The van der Waals surface area contributed by atoms with E-state index in [1.807, 2.05) is 17.5 Å². The summed E-state index contributed by atoms with van der Waals surface area (Å²) in [7, 11) is 0. The minimum Gasteiger partial charge on any atom is -0.339 e. The van der Waals surface area contributed by atoms with E-state index in [1.54, 1.807) is 0 Å². The fourth-order valence-electron chi connectivity index (χ4n) is 1.64. The molecule has 0 spiro atoms. The van der Waals surface area contributed by atoms with Crippen LogP contribution in [0.1, 0.15) is 5.89 Å². The van der Waals surface area contributed by atoms with Crippen molar-refractivity contribution in [2.75, 3.05) is 0 Å². The molecule has 3 heterocycles. The standard InChI is InChI=1S/C11H9N5O3S/c17-16(18)8-6-12-15(7-8)4-3-10-13-11(14-19-10)9-2-1-5-20-9/h1-2,5-7H,3-4H2. The van der Waals surface area contributed by atoms with E-state index in [2.05, 4.69) is 15.2 Å². The molecule has 0 N–H and O–H groups in total. The van der Waals surface area contributed by atoms with Crippen molar-refractivity contribution in [1.82, 2.24) is 19.9 Å². The molecular weight excluding hydrogens is 282 g/mol. The molecule has 0 fully saturated rings. The van der Waals surface area contributed by atoms with Gasteiger partial charge in [0, 0.05) is 13.0 Å². The van der Waals surface area contributed by atoms with Crippen LogP contribution in [0.5, 0.6) is 0 Å². The number of nitro groups is 1. The summed E-state index contributed by atoms with van der Waals surface area (Å²) in [6.07, 6.45) is 3.05. The number of aryl methyl sites for hydroxylation is 2. The lowest BCUT2D eigenvalue weighted by atomic mass is 10.4. The van der Waals surface area contributed by atoms with Crippen LogP contribution in [0.4, 0.5) is 5.69 Å². The number of hydrogen-bond acceptors (Lipinski definition) is 7. The second-order valence-corrected chi connectivity index (χ2v) is 4.91. The van der Waals surface area contributed by atoms with E-state index in [-0.39, 0.29) is 5.69 Å². The predicted molar refractivity (Wildman–Crippen MR) is 70.2 cm³/mol. The normalized spacial score (nSPS) is 10.8. The van der Waals surface area contributed by atoms with E-state index < -0.39 is 4.92 Å². The molecule has 102 valence electrons. The van der Waals surface area contributed by atoms with Crippen LogP contribution in [-0.2, 0) is 13.0 Å². The Bertz CT molecular complexity index is 718. The molecule has 0 amide bonds. The molecule has 8 nitrogen and oxygen atoms in total. The van der Waals surface area contributed by atoms with E-state index in [0.29, 0.717) is 24.7 Å². The first kappa shape index (κ1) is 12.5. The Balaban J connectivity index is 1.65. The van der Waals surface area contributed by atoms with Crippen LogP contribution in [-0.4, -0.2) is 24.8 Å². The molecule has 3 rings (SSSR count). The summed E-state index contributed by atoms with van der Waals surface area (Å²) in [5.74, 6) is 1.04. The lowest BCUT2D eigenvalue weighted by Gasteiger charge is -1.95.